The third kappa shape index (κ3) is 6.55. The molecule has 50 heavy (non-hydrogen) atoms. The first-order valence-electron chi connectivity index (χ1n) is 16.2. The predicted octanol–water partition coefficient (Wildman–Crippen LogP) is 10.6. The van der Waals surface area contributed by atoms with Crippen molar-refractivity contribution in [3.05, 3.63) is 213 Å². The lowest BCUT2D eigenvalue weighted by Crippen LogP contribution is -2.05. The number of aryl methyl sites for hydroxylation is 1. The Morgan fingerprint density at radius 2 is 1.10 bits per heavy atom. The van der Waals surface area contributed by atoms with Crippen molar-refractivity contribution < 1.29 is 19.8 Å². The first-order chi connectivity index (χ1) is 24.4. The van der Waals surface area contributed by atoms with Gasteiger partial charge in [-0.05, 0) is 105 Å². The van der Waals surface area contributed by atoms with E-state index in [1.165, 1.54) is 12.2 Å². The van der Waals surface area contributed by atoms with Crippen molar-refractivity contribution in [1.82, 2.24) is 0 Å². The second-order valence-electron chi connectivity index (χ2n) is 11.9. The molecule has 0 radical (unpaired) electrons. The van der Waals surface area contributed by atoms with E-state index in [-0.39, 0.29) is 17.1 Å². The monoisotopic (exact) mass is 668 g/mol. The van der Waals surface area contributed by atoms with Crippen molar-refractivity contribution in [1.29, 1.82) is 0 Å². The van der Waals surface area contributed by atoms with Crippen molar-refractivity contribution >= 4 is 39.8 Å². The minimum Gasteiger partial charge on any atom is -0.508 e. The number of rotatable bonds is 8. The van der Waals surface area contributed by atoms with Gasteiger partial charge in [0, 0.05) is 9.75 Å². The Morgan fingerprint density at radius 1 is 0.560 bits per heavy atom. The van der Waals surface area contributed by atoms with E-state index in [0.29, 0.717) is 16.7 Å². The highest BCUT2D eigenvalue weighted by atomic mass is 32.1. The van der Waals surface area contributed by atoms with Crippen molar-refractivity contribution in [3.63, 3.8) is 0 Å². The molecule has 0 bridgehead atoms. The fourth-order valence-electron chi connectivity index (χ4n) is 6.40. The van der Waals surface area contributed by atoms with Crippen molar-refractivity contribution in [3.8, 4) is 16.2 Å². The zero-order valence-corrected chi connectivity index (χ0v) is 28.0. The van der Waals surface area contributed by atoms with E-state index < -0.39 is 5.97 Å². The van der Waals surface area contributed by atoms with Crippen LogP contribution in [-0.2, 0) is 4.79 Å². The summed E-state index contributed by atoms with van der Waals surface area (Å²) in [5, 5.41) is 20.6. The van der Waals surface area contributed by atoms with Crippen LogP contribution in [0.3, 0.4) is 0 Å². The van der Waals surface area contributed by atoms with Gasteiger partial charge in [0.15, 0.2) is 5.78 Å². The van der Waals surface area contributed by atoms with E-state index in [9.17, 15) is 19.8 Å². The van der Waals surface area contributed by atoms with E-state index in [0.717, 1.165) is 54.3 Å². The molecule has 0 saturated carbocycles. The Bertz CT molecular complexity index is 2280. The Labute approximate surface area is 295 Å². The van der Waals surface area contributed by atoms with E-state index in [1.54, 1.807) is 53.8 Å². The summed E-state index contributed by atoms with van der Waals surface area (Å²) in [7, 11) is 0. The summed E-state index contributed by atoms with van der Waals surface area (Å²) in [6.45, 7) is 2.11. The largest absolute Gasteiger partial charge is 0.508 e. The third-order valence-corrected chi connectivity index (χ3v) is 9.83. The number of carbonyl (C=O) groups excluding carboxylic acids is 1. The second kappa shape index (κ2) is 14.0. The molecule has 1 aromatic heterocycles. The number of benzene rings is 5. The number of phenols is 1. The smallest absolute Gasteiger partial charge is 0.336 e. The lowest BCUT2D eigenvalue weighted by molar-refractivity contribution is -0.110. The van der Waals surface area contributed by atoms with Crippen LogP contribution >= 0.6 is 11.3 Å². The number of carboxylic acids is 1. The first-order valence-corrected chi connectivity index (χ1v) is 17.0. The highest BCUT2D eigenvalue weighted by Gasteiger charge is 2.23. The molecular formula is C45H32O4S. The summed E-state index contributed by atoms with van der Waals surface area (Å²) in [6, 6.07) is 45.6. The minimum absolute atomic E-state index is 0.104. The van der Waals surface area contributed by atoms with Gasteiger partial charge >= 0.3 is 5.97 Å². The molecule has 242 valence electrons. The number of aromatic hydroxyl groups is 1. The molecule has 5 aromatic carbocycles. The second-order valence-corrected chi connectivity index (χ2v) is 13.2. The average Bonchev–Trinajstić information content (AvgIpc) is 3.54. The van der Waals surface area contributed by atoms with Gasteiger partial charge in [-0.1, -0.05) is 127 Å². The molecule has 1 aliphatic rings. The number of allylic oxidation sites excluding steroid dienone is 5. The fraction of sp³-hybridized carbons (Fsp3) is 0.0222. The average molecular weight is 669 g/mol. The van der Waals surface area contributed by atoms with Crippen LogP contribution in [0, 0.1) is 6.92 Å². The molecule has 6 aromatic rings. The molecule has 1 heterocycles. The highest BCUT2D eigenvalue weighted by molar-refractivity contribution is 7.15. The standard InChI is InChI=1S/C45H32O4S/c1-29-39(44(32-15-9-4-10-16-32)43(30-11-5-2-6-12-30)31-13-7-3-8-14-31)28-41(50-29)35-21-26-38(40(27-35)45(48)49)42(33-17-22-36(46)23-18-33)34-19-24-37(47)25-20-34/h2-28,46H,1H3,(H,48,49). The highest BCUT2D eigenvalue weighted by Crippen LogP contribution is 2.43. The van der Waals surface area contributed by atoms with E-state index in [2.05, 4.69) is 85.8 Å². The SMILES string of the molecule is Cc1sc(-c2ccc(C(=C3C=CC(=O)C=C3)c3ccc(O)cc3)c(C(=O)O)c2)cc1C(=C(c1ccccc1)c1ccccc1)c1ccccc1. The van der Waals surface area contributed by atoms with Crippen molar-refractivity contribution in [2.24, 2.45) is 0 Å². The fourth-order valence-corrected chi connectivity index (χ4v) is 7.42. The Hall–Kier alpha value is -6.30. The first kappa shape index (κ1) is 32.3. The van der Waals surface area contributed by atoms with Crippen LogP contribution in [0.4, 0.5) is 0 Å². The lowest BCUT2D eigenvalue weighted by atomic mass is 9.85. The van der Waals surface area contributed by atoms with Gasteiger partial charge in [-0.2, -0.15) is 0 Å². The number of hydrogen-bond acceptors (Lipinski definition) is 4. The van der Waals surface area contributed by atoms with Gasteiger partial charge in [0.1, 0.15) is 5.75 Å². The van der Waals surface area contributed by atoms with Gasteiger partial charge in [0.2, 0.25) is 0 Å². The molecule has 0 amide bonds. The summed E-state index contributed by atoms with van der Waals surface area (Å²) in [6.07, 6.45) is 6.34. The number of aromatic carboxylic acids is 1. The normalized spacial score (nSPS) is 12.2. The van der Waals surface area contributed by atoms with Gasteiger partial charge in [0.05, 0.1) is 5.56 Å². The molecule has 2 N–H and O–H groups in total. The predicted molar refractivity (Wildman–Crippen MR) is 203 cm³/mol. The summed E-state index contributed by atoms with van der Waals surface area (Å²) < 4.78 is 0. The van der Waals surface area contributed by atoms with Crippen LogP contribution in [0.15, 0.2) is 169 Å². The summed E-state index contributed by atoms with van der Waals surface area (Å²) in [4.78, 5) is 27.0. The van der Waals surface area contributed by atoms with Gasteiger partial charge < -0.3 is 10.2 Å². The van der Waals surface area contributed by atoms with Crippen molar-refractivity contribution in [2.75, 3.05) is 0 Å². The molecule has 5 heteroatoms. The third-order valence-electron chi connectivity index (χ3n) is 8.73. The van der Waals surface area contributed by atoms with Crippen LogP contribution < -0.4 is 0 Å². The quantitative estimate of drug-likeness (QED) is 0.158. The van der Waals surface area contributed by atoms with Crippen LogP contribution in [0.5, 0.6) is 5.75 Å². The van der Waals surface area contributed by atoms with E-state index in [4.69, 9.17) is 0 Å². The summed E-state index contributed by atoms with van der Waals surface area (Å²) in [5.41, 5.74) is 10.1. The van der Waals surface area contributed by atoms with E-state index >= 15 is 0 Å². The number of thiophene rings is 1. The number of hydrogen-bond donors (Lipinski definition) is 2. The molecule has 0 fully saturated rings. The van der Waals surface area contributed by atoms with Crippen LogP contribution in [0.25, 0.3) is 27.2 Å². The molecule has 0 saturated heterocycles. The molecule has 0 spiro atoms. The van der Waals surface area contributed by atoms with Gasteiger partial charge in [-0.15, -0.1) is 11.3 Å². The number of carbonyl (C=O) groups is 2. The Balaban J connectivity index is 1.42. The van der Waals surface area contributed by atoms with Crippen LogP contribution in [-0.4, -0.2) is 22.0 Å². The van der Waals surface area contributed by atoms with Crippen LogP contribution in [0.2, 0.25) is 0 Å². The molecule has 4 nitrogen and oxygen atoms in total. The van der Waals surface area contributed by atoms with Gasteiger partial charge in [0.25, 0.3) is 0 Å². The molecule has 0 aliphatic heterocycles. The minimum atomic E-state index is -1.06. The number of carboxylic acid groups (broad SMARTS) is 1. The van der Waals surface area contributed by atoms with Gasteiger partial charge in [-0.25, -0.2) is 4.79 Å². The maximum Gasteiger partial charge on any atom is 0.336 e. The van der Waals surface area contributed by atoms with Crippen LogP contribution in [0.1, 0.15) is 48.6 Å². The van der Waals surface area contributed by atoms with E-state index in [1.807, 2.05) is 30.3 Å². The Morgan fingerprint density at radius 3 is 1.64 bits per heavy atom. The number of phenolic OH excluding ortho intramolecular Hbond substituents is 1. The molecule has 0 atom stereocenters. The van der Waals surface area contributed by atoms with Gasteiger partial charge in [-0.3, -0.25) is 4.79 Å². The zero-order valence-electron chi connectivity index (χ0n) is 27.2. The summed E-state index contributed by atoms with van der Waals surface area (Å²) >= 11 is 1.63. The zero-order chi connectivity index (χ0) is 34.6. The maximum atomic E-state index is 12.9. The molecule has 0 unspecified atom stereocenters. The Kier molecular flexibility index (Phi) is 9.06. The topological polar surface area (TPSA) is 74.6 Å². The molecule has 1 aliphatic carbocycles. The molecular weight excluding hydrogens is 637 g/mol. The molecule has 7 rings (SSSR count). The summed E-state index contributed by atoms with van der Waals surface area (Å²) in [5.74, 6) is -1.09. The number of ketones is 1. The lowest BCUT2D eigenvalue weighted by Gasteiger charge is -2.18. The van der Waals surface area contributed by atoms with Crippen molar-refractivity contribution in [2.45, 2.75) is 6.92 Å². The maximum absolute atomic E-state index is 12.9.